The Labute approximate surface area is 136 Å². The summed E-state index contributed by atoms with van der Waals surface area (Å²) in [5.74, 6) is -10.1. The van der Waals surface area contributed by atoms with Crippen molar-refractivity contribution in [2.75, 3.05) is 5.75 Å². The SMILES string of the molecule is O=C(SCCC(F)(F)CC(F)(F)C(F)C(F)(F)F)c1ccccc1. The van der Waals surface area contributed by atoms with Crippen molar-refractivity contribution in [1.82, 2.24) is 0 Å². The monoisotopic (exact) mass is 380 g/mol. The third-order valence-corrected chi connectivity index (χ3v) is 3.77. The summed E-state index contributed by atoms with van der Waals surface area (Å²) in [5, 5.41) is -0.586. The van der Waals surface area contributed by atoms with E-state index in [9.17, 15) is 39.9 Å². The molecule has 0 fully saturated rings. The molecular formula is C14H12F8OS. The molecule has 0 saturated carbocycles. The first kappa shape index (κ1) is 20.7. The third-order valence-electron chi connectivity index (χ3n) is 2.86. The van der Waals surface area contributed by atoms with Crippen molar-refractivity contribution in [2.24, 2.45) is 0 Å². The Balaban J connectivity index is 2.56. The molecule has 136 valence electrons. The van der Waals surface area contributed by atoms with E-state index in [2.05, 4.69) is 0 Å². The molecule has 0 bridgehead atoms. The minimum atomic E-state index is -5.93. The first-order valence-electron chi connectivity index (χ1n) is 6.54. The number of thioether (sulfide) groups is 1. The smallest absolute Gasteiger partial charge is 0.282 e. The molecule has 0 aliphatic heterocycles. The lowest BCUT2D eigenvalue weighted by Gasteiger charge is -2.26. The Morgan fingerprint density at radius 1 is 1.00 bits per heavy atom. The van der Waals surface area contributed by atoms with Crippen LogP contribution in [0.4, 0.5) is 35.1 Å². The van der Waals surface area contributed by atoms with Gasteiger partial charge in [-0.15, -0.1) is 0 Å². The quantitative estimate of drug-likeness (QED) is 0.580. The van der Waals surface area contributed by atoms with Crippen LogP contribution in [0, 0.1) is 0 Å². The van der Waals surface area contributed by atoms with Gasteiger partial charge < -0.3 is 0 Å². The number of hydrogen-bond acceptors (Lipinski definition) is 2. The van der Waals surface area contributed by atoms with Gasteiger partial charge in [0.15, 0.2) is 0 Å². The maximum Gasteiger partial charge on any atom is 0.425 e. The van der Waals surface area contributed by atoms with E-state index in [0.717, 1.165) is 0 Å². The van der Waals surface area contributed by atoms with Crippen molar-refractivity contribution in [3.05, 3.63) is 35.9 Å². The van der Waals surface area contributed by atoms with Gasteiger partial charge >= 0.3 is 6.18 Å². The molecule has 1 aromatic carbocycles. The zero-order chi connectivity index (χ0) is 18.6. The van der Waals surface area contributed by atoms with E-state index in [1.807, 2.05) is 0 Å². The molecule has 10 heteroatoms. The van der Waals surface area contributed by atoms with Gasteiger partial charge in [-0.2, -0.15) is 13.2 Å². The molecule has 0 spiro atoms. The Bertz CT molecular complexity index is 543. The van der Waals surface area contributed by atoms with Gasteiger partial charge in [-0.1, -0.05) is 42.1 Å². The van der Waals surface area contributed by atoms with Crippen LogP contribution in [0.15, 0.2) is 30.3 Å². The van der Waals surface area contributed by atoms with E-state index in [0.29, 0.717) is 11.8 Å². The van der Waals surface area contributed by atoms with Crippen molar-refractivity contribution < 1.29 is 39.9 Å². The van der Waals surface area contributed by atoms with E-state index >= 15 is 0 Å². The zero-order valence-corrected chi connectivity index (χ0v) is 12.7. The number of alkyl halides is 8. The Kier molecular flexibility index (Phi) is 6.66. The Morgan fingerprint density at radius 2 is 1.54 bits per heavy atom. The van der Waals surface area contributed by atoms with Gasteiger partial charge in [0.2, 0.25) is 5.12 Å². The molecule has 0 saturated heterocycles. The molecule has 1 nitrogen and oxygen atoms in total. The number of hydrogen-bond donors (Lipinski definition) is 0. The molecule has 1 atom stereocenters. The second-order valence-corrected chi connectivity index (χ2v) is 6.02. The lowest BCUT2D eigenvalue weighted by Crippen LogP contribution is -2.45. The van der Waals surface area contributed by atoms with Gasteiger partial charge in [-0.25, -0.2) is 22.0 Å². The van der Waals surface area contributed by atoms with Gasteiger partial charge in [0.25, 0.3) is 18.0 Å². The lowest BCUT2D eigenvalue weighted by molar-refractivity contribution is -0.258. The summed E-state index contributed by atoms with van der Waals surface area (Å²) >= 11 is 0.417. The summed E-state index contributed by atoms with van der Waals surface area (Å²) in [4.78, 5) is 11.6. The molecule has 1 rings (SSSR count). The first-order chi connectivity index (χ1) is 10.9. The van der Waals surface area contributed by atoms with Gasteiger partial charge in [0.05, 0.1) is 6.42 Å². The molecule has 0 aliphatic rings. The molecule has 0 amide bonds. The van der Waals surface area contributed by atoms with Crippen LogP contribution in [-0.4, -0.2) is 35.1 Å². The van der Waals surface area contributed by atoms with Gasteiger partial charge in [-0.05, 0) is 0 Å². The summed E-state index contributed by atoms with van der Waals surface area (Å²) in [5.41, 5.74) is 0.206. The number of carbonyl (C=O) groups excluding carboxylic acids is 1. The van der Waals surface area contributed by atoms with Crippen LogP contribution in [0.1, 0.15) is 23.2 Å². The minimum Gasteiger partial charge on any atom is -0.282 e. The van der Waals surface area contributed by atoms with Crippen LogP contribution in [0.2, 0.25) is 0 Å². The summed E-state index contributed by atoms with van der Waals surface area (Å²) in [6, 6.07) is 7.51. The second kappa shape index (κ2) is 7.71. The molecular weight excluding hydrogens is 368 g/mol. The van der Waals surface area contributed by atoms with Crippen LogP contribution in [0.25, 0.3) is 0 Å². The van der Waals surface area contributed by atoms with Gasteiger partial charge in [0, 0.05) is 17.7 Å². The summed E-state index contributed by atoms with van der Waals surface area (Å²) in [6.45, 7) is 0. The summed E-state index contributed by atoms with van der Waals surface area (Å²) < 4.78 is 101. The highest BCUT2D eigenvalue weighted by Crippen LogP contribution is 2.42. The largest absolute Gasteiger partial charge is 0.425 e. The minimum absolute atomic E-state index is 0.206. The number of carbonyl (C=O) groups is 1. The van der Waals surface area contributed by atoms with Crippen molar-refractivity contribution in [2.45, 2.75) is 37.0 Å². The second-order valence-electron chi connectivity index (χ2n) is 4.95. The van der Waals surface area contributed by atoms with Crippen LogP contribution in [-0.2, 0) is 0 Å². The predicted octanol–water partition coefficient (Wildman–Crippen LogP) is 5.51. The Hall–Kier alpha value is -1.32. The van der Waals surface area contributed by atoms with Crippen molar-refractivity contribution >= 4 is 16.9 Å². The maximum atomic E-state index is 13.4. The summed E-state index contributed by atoms with van der Waals surface area (Å²) in [6.07, 6.45) is -14.5. The molecule has 0 radical (unpaired) electrons. The van der Waals surface area contributed by atoms with E-state index in [1.165, 1.54) is 24.3 Å². The molecule has 0 heterocycles. The van der Waals surface area contributed by atoms with Gasteiger partial charge in [0.1, 0.15) is 0 Å². The van der Waals surface area contributed by atoms with Crippen LogP contribution in [0.5, 0.6) is 0 Å². The van der Waals surface area contributed by atoms with Gasteiger partial charge in [-0.3, -0.25) is 4.79 Å². The zero-order valence-electron chi connectivity index (χ0n) is 11.9. The fourth-order valence-corrected chi connectivity index (χ4v) is 2.60. The molecule has 0 N–H and O–H groups in total. The average Bonchev–Trinajstić information content (AvgIpc) is 2.45. The highest BCUT2D eigenvalue weighted by molar-refractivity contribution is 8.14. The first-order valence-corrected chi connectivity index (χ1v) is 7.52. The topological polar surface area (TPSA) is 17.1 Å². The number of halogens is 8. The maximum absolute atomic E-state index is 13.4. The van der Waals surface area contributed by atoms with Crippen LogP contribution < -0.4 is 0 Å². The summed E-state index contributed by atoms with van der Waals surface area (Å²) in [7, 11) is 0. The number of benzene rings is 1. The lowest BCUT2D eigenvalue weighted by atomic mass is 10.0. The highest BCUT2D eigenvalue weighted by Gasteiger charge is 2.59. The molecule has 0 aromatic heterocycles. The molecule has 24 heavy (non-hydrogen) atoms. The average molecular weight is 380 g/mol. The van der Waals surface area contributed by atoms with E-state index in [4.69, 9.17) is 0 Å². The normalized spacial score (nSPS) is 14.5. The Morgan fingerprint density at radius 3 is 2.04 bits per heavy atom. The van der Waals surface area contributed by atoms with E-state index in [-0.39, 0.29) is 5.56 Å². The molecule has 0 aliphatic carbocycles. The highest BCUT2D eigenvalue weighted by atomic mass is 32.2. The fraction of sp³-hybridized carbons (Fsp3) is 0.500. The van der Waals surface area contributed by atoms with E-state index in [1.54, 1.807) is 6.07 Å². The predicted molar refractivity (Wildman–Crippen MR) is 73.3 cm³/mol. The van der Waals surface area contributed by atoms with Crippen LogP contribution in [0.3, 0.4) is 0 Å². The van der Waals surface area contributed by atoms with Crippen LogP contribution >= 0.6 is 11.8 Å². The fourth-order valence-electron chi connectivity index (χ4n) is 1.71. The number of rotatable bonds is 7. The van der Waals surface area contributed by atoms with Crippen molar-refractivity contribution in [3.63, 3.8) is 0 Å². The van der Waals surface area contributed by atoms with Crippen molar-refractivity contribution in [1.29, 1.82) is 0 Å². The van der Waals surface area contributed by atoms with Crippen molar-refractivity contribution in [3.8, 4) is 0 Å². The molecule has 1 unspecified atom stereocenters. The third kappa shape index (κ3) is 6.29. The van der Waals surface area contributed by atoms with E-state index < -0.39 is 47.9 Å². The standard InChI is InChI=1S/C14H12F8OS/c15-11(14(20,21)22)13(18,19)8-12(16,17)6-7-24-10(23)9-4-2-1-3-5-9/h1-5,11H,6-8H2. The molecule has 1 aromatic rings.